The lowest BCUT2D eigenvalue weighted by Gasteiger charge is -2.13. The fourth-order valence-electron chi connectivity index (χ4n) is 4.19. The maximum atomic E-state index is 6.26. The second kappa shape index (κ2) is 6.63. The van der Waals surface area contributed by atoms with Crippen LogP contribution in [0.2, 0.25) is 0 Å². The van der Waals surface area contributed by atoms with E-state index in [9.17, 15) is 0 Å². The summed E-state index contributed by atoms with van der Waals surface area (Å²) in [6.45, 7) is 0. The minimum Gasteiger partial charge on any atom is -0.464 e. The quantitative estimate of drug-likeness (QED) is 0.329. The van der Waals surface area contributed by atoms with Crippen molar-refractivity contribution >= 4 is 40.7 Å². The zero-order valence-corrected chi connectivity index (χ0v) is 16.2. The maximum absolute atomic E-state index is 6.26. The largest absolute Gasteiger partial charge is 0.464 e. The minimum atomic E-state index is -0.252. The van der Waals surface area contributed by atoms with E-state index in [0.717, 1.165) is 55.4 Å². The molecule has 1 N–H and O–H groups in total. The number of aromatic nitrogens is 1. The van der Waals surface area contributed by atoms with Crippen molar-refractivity contribution in [2.24, 2.45) is 0 Å². The van der Waals surface area contributed by atoms with Crippen molar-refractivity contribution in [2.45, 2.75) is 6.23 Å². The summed E-state index contributed by atoms with van der Waals surface area (Å²) in [6.07, 6.45) is -0.252. The molecule has 2 radical (unpaired) electrons. The van der Waals surface area contributed by atoms with Gasteiger partial charge in [-0.15, -0.1) is 0 Å². The molecule has 0 aliphatic carbocycles. The Bertz CT molecular complexity index is 1400. The predicted octanol–water partition coefficient (Wildman–Crippen LogP) is 5.35. The number of anilines is 1. The SMILES string of the molecule is [B]c1ccc(C2Nc3c(ccc4c(-c5ccccc5)nc5ccccc5c34)O2)cc1. The number of hydrogen-bond acceptors (Lipinski definition) is 3. The van der Waals surface area contributed by atoms with Crippen LogP contribution in [0.25, 0.3) is 32.9 Å². The van der Waals surface area contributed by atoms with Gasteiger partial charge in [0, 0.05) is 27.3 Å². The smallest absolute Gasteiger partial charge is 0.196 e. The Morgan fingerprint density at radius 1 is 0.767 bits per heavy atom. The van der Waals surface area contributed by atoms with Gasteiger partial charge in [0.15, 0.2) is 6.23 Å². The Hall–Kier alpha value is -3.79. The van der Waals surface area contributed by atoms with Crippen molar-refractivity contribution in [3.05, 3.63) is 96.6 Å². The van der Waals surface area contributed by atoms with Crippen LogP contribution in [0.15, 0.2) is 91.0 Å². The molecule has 5 aromatic rings. The molecule has 0 spiro atoms. The summed E-state index contributed by atoms with van der Waals surface area (Å²) in [4.78, 5) is 5.00. The van der Waals surface area contributed by atoms with Crippen molar-refractivity contribution in [1.29, 1.82) is 0 Å². The van der Waals surface area contributed by atoms with Gasteiger partial charge in [-0.05, 0) is 18.2 Å². The molecular weight excluding hydrogens is 367 g/mol. The van der Waals surface area contributed by atoms with E-state index in [-0.39, 0.29) is 6.23 Å². The molecule has 2 heterocycles. The van der Waals surface area contributed by atoms with Gasteiger partial charge >= 0.3 is 0 Å². The Morgan fingerprint density at radius 2 is 1.53 bits per heavy atom. The van der Waals surface area contributed by atoms with E-state index in [1.54, 1.807) is 0 Å². The molecule has 0 saturated carbocycles. The summed E-state index contributed by atoms with van der Waals surface area (Å²) >= 11 is 0. The lowest BCUT2D eigenvalue weighted by molar-refractivity contribution is 0.260. The molecule has 1 aromatic heterocycles. The summed E-state index contributed by atoms with van der Waals surface area (Å²) in [7, 11) is 5.85. The van der Waals surface area contributed by atoms with Crippen molar-refractivity contribution < 1.29 is 4.74 Å². The Morgan fingerprint density at radius 3 is 2.37 bits per heavy atom. The van der Waals surface area contributed by atoms with Crippen LogP contribution in [-0.2, 0) is 0 Å². The number of para-hydroxylation sites is 1. The monoisotopic (exact) mass is 384 g/mol. The van der Waals surface area contributed by atoms with Gasteiger partial charge in [-0.1, -0.05) is 78.3 Å². The molecule has 1 aliphatic heterocycles. The number of benzene rings is 4. The van der Waals surface area contributed by atoms with Crippen LogP contribution in [0, 0.1) is 0 Å². The summed E-state index contributed by atoms with van der Waals surface area (Å²) < 4.78 is 6.26. The number of nitrogens with one attached hydrogen (secondary N) is 1. The zero-order valence-electron chi connectivity index (χ0n) is 16.2. The molecule has 6 rings (SSSR count). The third kappa shape index (κ3) is 2.65. The summed E-state index contributed by atoms with van der Waals surface area (Å²) in [6, 6.07) is 30.5. The van der Waals surface area contributed by atoms with Gasteiger partial charge in [-0.2, -0.15) is 0 Å². The first-order chi connectivity index (χ1) is 14.8. The van der Waals surface area contributed by atoms with E-state index in [1.165, 1.54) is 0 Å². The Balaban J connectivity index is 1.60. The average Bonchev–Trinajstić information content (AvgIpc) is 3.24. The highest BCUT2D eigenvalue weighted by atomic mass is 16.5. The third-order valence-electron chi connectivity index (χ3n) is 5.63. The van der Waals surface area contributed by atoms with Crippen LogP contribution in [0.4, 0.5) is 5.69 Å². The van der Waals surface area contributed by atoms with Crippen LogP contribution >= 0.6 is 0 Å². The molecule has 0 amide bonds. The highest BCUT2D eigenvalue weighted by Gasteiger charge is 2.27. The molecule has 1 unspecified atom stereocenters. The molecule has 30 heavy (non-hydrogen) atoms. The van der Waals surface area contributed by atoms with Crippen molar-refractivity contribution in [1.82, 2.24) is 4.98 Å². The average molecular weight is 384 g/mol. The first-order valence-corrected chi connectivity index (χ1v) is 9.97. The highest BCUT2D eigenvalue weighted by molar-refractivity contribution is 6.32. The van der Waals surface area contributed by atoms with Gasteiger partial charge in [0.05, 0.1) is 16.9 Å². The fourth-order valence-corrected chi connectivity index (χ4v) is 4.19. The topological polar surface area (TPSA) is 34.2 Å². The van der Waals surface area contributed by atoms with Gasteiger partial charge < -0.3 is 10.1 Å². The summed E-state index contributed by atoms with van der Waals surface area (Å²) in [5, 5.41) is 6.94. The molecule has 0 fully saturated rings. The van der Waals surface area contributed by atoms with Crippen LogP contribution in [0.3, 0.4) is 0 Å². The van der Waals surface area contributed by atoms with Crippen LogP contribution in [0.5, 0.6) is 5.75 Å². The van der Waals surface area contributed by atoms with Gasteiger partial charge in [0.25, 0.3) is 0 Å². The number of pyridine rings is 1. The van der Waals surface area contributed by atoms with Crippen molar-refractivity contribution in [2.75, 3.05) is 5.32 Å². The summed E-state index contributed by atoms with van der Waals surface area (Å²) in [5.41, 5.74) is 5.83. The van der Waals surface area contributed by atoms with Crippen molar-refractivity contribution in [3.63, 3.8) is 0 Å². The first kappa shape index (κ1) is 17.1. The van der Waals surface area contributed by atoms with Crippen LogP contribution < -0.4 is 15.5 Å². The van der Waals surface area contributed by atoms with E-state index in [2.05, 4.69) is 41.7 Å². The maximum Gasteiger partial charge on any atom is 0.196 e. The molecule has 0 saturated heterocycles. The second-order valence-electron chi connectivity index (χ2n) is 7.51. The molecular formula is C26H17BN2O. The highest BCUT2D eigenvalue weighted by Crippen LogP contribution is 2.46. The van der Waals surface area contributed by atoms with Crippen LogP contribution in [-0.4, -0.2) is 12.8 Å². The van der Waals surface area contributed by atoms with Gasteiger partial charge in [-0.3, -0.25) is 0 Å². The Kier molecular flexibility index (Phi) is 3.78. The normalized spacial score (nSPS) is 15.0. The molecule has 0 bridgehead atoms. The Labute approximate surface area is 175 Å². The third-order valence-corrected chi connectivity index (χ3v) is 5.63. The van der Waals surface area contributed by atoms with E-state index < -0.39 is 0 Å². The lowest BCUT2D eigenvalue weighted by atomic mass is 9.95. The molecule has 4 aromatic carbocycles. The number of fused-ring (bicyclic) bond motifs is 5. The number of nitrogens with zero attached hydrogens (tertiary/aromatic N) is 1. The van der Waals surface area contributed by atoms with Crippen LogP contribution in [0.1, 0.15) is 11.8 Å². The van der Waals surface area contributed by atoms with E-state index in [0.29, 0.717) is 0 Å². The summed E-state index contributed by atoms with van der Waals surface area (Å²) in [5.74, 6) is 0.847. The first-order valence-electron chi connectivity index (χ1n) is 9.97. The van der Waals surface area contributed by atoms with Gasteiger partial charge in [0.2, 0.25) is 0 Å². The van der Waals surface area contributed by atoms with Crippen molar-refractivity contribution in [3.8, 4) is 17.0 Å². The van der Waals surface area contributed by atoms with Gasteiger partial charge in [-0.25, -0.2) is 4.98 Å². The minimum absolute atomic E-state index is 0.252. The molecule has 3 nitrogen and oxygen atoms in total. The standard InChI is InChI=1S/C26H17BN2O/c27-18-12-10-17(11-13-18)26-29-25-22(30-26)15-14-20-23(25)19-8-4-5-9-21(19)28-24(20)16-6-2-1-3-7-16/h1-15,26,29H. The molecule has 4 heteroatoms. The number of ether oxygens (including phenoxy) is 1. The molecule has 1 aliphatic rings. The fraction of sp³-hybridized carbons (Fsp3) is 0.0385. The molecule has 1 atom stereocenters. The lowest BCUT2D eigenvalue weighted by Crippen LogP contribution is -2.11. The number of hydrogen-bond donors (Lipinski definition) is 1. The van der Waals surface area contributed by atoms with E-state index in [1.807, 2.05) is 54.6 Å². The van der Waals surface area contributed by atoms with E-state index >= 15 is 0 Å². The molecule has 140 valence electrons. The number of rotatable bonds is 2. The van der Waals surface area contributed by atoms with E-state index in [4.69, 9.17) is 17.6 Å². The van der Waals surface area contributed by atoms with Gasteiger partial charge in [0.1, 0.15) is 13.6 Å². The zero-order chi connectivity index (χ0) is 20.1. The predicted molar refractivity (Wildman–Crippen MR) is 124 cm³/mol. The second-order valence-corrected chi connectivity index (χ2v) is 7.51.